The van der Waals surface area contributed by atoms with Gasteiger partial charge in [-0.05, 0) is 19.1 Å². The standard InChI is InChI=1S/C14H17N3O2S/c1-10-14(19)16(8-7-12(15)20)13(18)9-17(10)11-5-3-2-4-6-11/h2-6,10H,7-9H2,1H3,(H2,15,20). The van der Waals surface area contributed by atoms with Gasteiger partial charge in [0.1, 0.15) is 6.04 Å². The van der Waals surface area contributed by atoms with Crippen LogP contribution in [0.5, 0.6) is 0 Å². The van der Waals surface area contributed by atoms with E-state index in [1.165, 1.54) is 4.90 Å². The van der Waals surface area contributed by atoms with Gasteiger partial charge in [0, 0.05) is 18.7 Å². The van der Waals surface area contributed by atoms with Crippen molar-refractivity contribution in [2.24, 2.45) is 5.73 Å². The number of amides is 2. The second-order valence-electron chi connectivity index (χ2n) is 4.74. The van der Waals surface area contributed by atoms with Crippen molar-refractivity contribution in [3.05, 3.63) is 30.3 Å². The molecule has 1 saturated heterocycles. The lowest BCUT2D eigenvalue weighted by molar-refractivity contribution is -0.147. The largest absolute Gasteiger partial charge is 0.393 e. The van der Waals surface area contributed by atoms with E-state index in [1.807, 2.05) is 35.2 Å². The Kier molecular flexibility index (Phi) is 4.34. The quantitative estimate of drug-likeness (QED) is 0.660. The molecule has 2 amide bonds. The fourth-order valence-electron chi connectivity index (χ4n) is 2.24. The molecule has 0 aliphatic carbocycles. The van der Waals surface area contributed by atoms with Gasteiger partial charge in [-0.1, -0.05) is 30.4 Å². The molecular formula is C14H17N3O2S. The Morgan fingerprint density at radius 2 is 2.00 bits per heavy atom. The lowest BCUT2D eigenvalue weighted by atomic mass is 10.1. The van der Waals surface area contributed by atoms with Crippen LogP contribution in [0.1, 0.15) is 13.3 Å². The van der Waals surface area contributed by atoms with Crippen molar-refractivity contribution >= 4 is 34.7 Å². The van der Waals surface area contributed by atoms with Crippen molar-refractivity contribution in [3.8, 4) is 0 Å². The number of carbonyl (C=O) groups is 2. The molecule has 1 aromatic carbocycles. The SMILES string of the molecule is CC1C(=O)N(CCC(N)=S)C(=O)CN1c1ccccc1. The van der Waals surface area contributed by atoms with Gasteiger partial charge in [-0.3, -0.25) is 14.5 Å². The number of carbonyl (C=O) groups excluding carboxylic acids is 2. The van der Waals surface area contributed by atoms with E-state index in [1.54, 1.807) is 6.92 Å². The third kappa shape index (κ3) is 2.96. The van der Waals surface area contributed by atoms with Crippen molar-refractivity contribution in [1.29, 1.82) is 0 Å². The molecule has 2 rings (SSSR count). The molecule has 1 heterocycles. The number of anilines is 1. The van der Waals surface area contributed by atoms with Gasteiger partial charge in [-0.2, -0.15) is 0 Å². The minimum Gasteiger partial charge on any atom is -0.393 e. The highest BCUT2D eigenvalue weighted by atomic mass is 32.1. The summed E-state index contributed by atoms with van der Waals surface area (Å²) < 4.78 is 0. The van der Waals surface area contributed by atoms with Crippen molar-refractivity contribution < 1.29 is 9.59 Å². The summed E-state index contributed by atoms with van der Waals surface area (Å²) in [4.78, 5) is 27.8. The van der Waals surface area contributed by atoms with Crippen LogP contribution in [-0.4, -0.2) is 40.8 Å². The number of para-hydroxylation sites is 1. The molecule has 20 heavy (non-hydrogen) atoms. The number of rotatable bonds is 4. The third-order valence-corrected chi connectivity index (χ3v) is 3.57. The summed E-state index contributed by atoms with van der Waals surface area (Å²) >= 11 is 4.79. The van der Waals surface area contributed by atoms with Gasteiger partial charge in [0.25, 0.3) is 5.91 Å². The average molecular weight is 291 g/mol. The van der Waals surface area contributed by atoms with E-state index in [0.29, 0.717) is 11.4 Å². The summed E-state index contributed by atoms with van der Waals surface area (Å²) in [6.45, 7) is 2.25. The maximum Gasteiger partial charge on any atom is 0.251 e. The van der Waals surface area contributed by atoms with Crippen LogP contribution in [0.2, 0.25) is 0 Å². The minimum atomic E-state index is -0.374. The summed E-state index contributed by atoms with van der Waals surface area (Å²) in [7, 11) is 0. The van der Waals surface area contributed by atoms with Crippen molar-refractivity contribution in [2.75, 3.05) is 18.0 Å². The normalized spacial score (nSPS) is 19.4. The zero-order chi connectivity index (χ0) is 14.7. The summed E-state index contributed by atoms with van der Waals surface area (Å²) in [6.07, 6.45) is 0.366. The van der Waals surface area contributed by atoms with Crippen molar-refractivity contribution in [2.45, 2.75) is 19.4 Å². The second-order valence-corrected chi connectivity index (χ2v) is 5.26. The van der Waals surface area contributed by atoms with Crippen LogP contribution in [0.15, 0.2) is 30.3 Å². The highest BCUT2D eigenvalue weighted by molar-refractivity contribution is 7.80. The first kappa shape index (κ1) is 14.5. The summed E-state index contributed by atoms with van der Waals surface area (Å²) in [5, 5.41) is 0. The van der Waals surface area contributed by atoms with Crippen LogP contribution in [0.3, 0.4) is 0 Å². The van der Waals surface area contributed by atoms with Crippen LogP contribution < -0.4 is 10.6 Å². The molecule has 106 valence electrons. The lowest BCUT2D eigenvalue weighted by Gasteiger charge is -2.38. The summed E-state index contributed by atoms with van der Waals surface area (Å²) in [5.41, 5.74) is 6.30. The molecule has 6 heteroatoms. The number of hydrogen-bond donors (Lipinski definition) is 1. The van der Waals surface area contributed by atoms with Crippen LogP contribution in [-0.2, 0) is 9.59 Å². The van der Waals surface area contributed by atoms with Crippen molar-refractivity contribution in [1.82, 2.24) is 4.90 Å². The van der Waals surface area contributed by atoms with E-state index in [4.69, 9.17) is 18.0 Å². The number of thiocarbonyl (C=S) groups is 1. The van der Waals surface area contributed by atoms with Crippen LogP contribution in [0.4, 0.5) is 5.69 Å². The Bertz CT molecular complexity index is 532. The number of nitrogens with zero attached hydrogens (tertiary/aromatic N) is 2. The zero-order valence-corrected chi connectivity index (χ0v) is 12.1. The van der Waals surface area contributed by atoms with Gasteiger partial charge in [-0.25, -0.2) is 0 Å². The second kappa shape index (κ2) is 6.00. The van der Waals surface area contributed by atoms with E-state index in [2.05, 4.69) is 0 Å². The summed E-state index contributed by atoms with van der Waals surface area (Å²) in [5.74, 6) is -0.422. The van der Waals surface area contributed by atoms with E-state index < -0.39 is 0 Å². The van der Waals surface area contributed by atoms with Gasteiger partial charge < -0.3 is 10.6 Å². The molecule has 0 spiro atoms. The van der Waals surface area contributed by atoms with E-state index in [0.717, 1.165) is 5.69 Å². The molecule has 5 nitrogen and oxygen atoms in total. The molecule has 1 aliphatic heterocycles. The van der Waals surface area contributed by atoms with Crippen molar-refractivity contribution in [3.63, 3.8) is 0 Å². The van der Waals surface area contributed by atoms with E-state index in [9.17, 15) is 9.59 Å². The van der Waals surface area contributed by atoms with Gasteiger partial charge in [0.05, 0.1) is 11.5 Å². The zero-order valence-electron chi connectivity index (χ0n) is 11.3. The number of nitrogens with two attached hydrogens (primary N) is 1. The first-order chi connectivity index (χ1) is 9.50. The number of hydrogen-bond acceptors (Lipinski definition) is 4. The lowest BCUT2D eigenvalue weighted by Crippen LogP contribution is -2.59. The molecule has 2 N–H and O–H groups in total. The van der Waals surface area contributed by atoms with E-state index in [-0.39, 0.29) is 30.9 Å². The highest BCUT2D eigenvalue weighted by Gasteiger charge is 2.36. The van der Waals surface area contributed by atoms with E-state index >= 15 is 0 Å². The Morgan fingerprint density at radius 3 is 2.60 bits per heavy atom. The first-order valence-corrected chi connectivity index (χ1v) is 6.85. The molecule has 1 aromatic rings. The van der Waals surface area contributed by atoms with Gasteiger partial charge in [-0.15, -0.1) is 0 Å². The molecule has 1 fully saturated rings. The predicted molar refractivity (Wildman–Crippen MR) is 81.4 cm³/mol. The maximum absolute atomic E-state index is 12.3. The molecule has 0 bridgehead atoms. The van der Waals surface area contributed by atoms with Gasteiger partial charge in [0.2, 0.25) is 5.91 Å². The van der Waals surface area contributed by atoms with Gasteiger partial charge >= 0.3 is 0 Å². The molecule has 0 saturated carbocycles. The van der Waals surface area contributed by atoms with Crippen LogP contribution in [0, 0.1) is 0 Å². The minimum absolute atomic E-state index is 0.189. The van der Waals surface area contributed by atoms with Gasteiger partial charge in [0.15, 0.2) is 0 Å². The van der Waals surface area contributed by atoms with Crippen LogP contribution in [0.25, 0.3) is 0 Å². The topological polar surface area (TPSA) is 66.6 Å². The van der Waals surface area contributed by atoms with Crippen LogP contribution >= 0.6 is 12.2 Å². The molecule has 0 aromatic heterocycles. The molecule has 1 aliphatic rings. The molecule has 1 unspecified atom stereocenters. The Hall–Kier alpha value is -1.95. The Morgan fingerprint density at radius 1 is 1.35 bits per heavy atom. The Labute approximate surface area is 123 Å². The first-order valence-electron chi connectivity index (χ1n) is 6.45. The third-order valence-electron chi connectivity index (χ3n) is 3.37. The maximum atomic E-state index is 12.3. The average Bonchev–Trinajstić information content (AvgIpc) is 2.43. The fraction of sp³-hybridized carbons (Fsp3) is 0.357. The number of benzene rings is 1. The smallest absolute Gasteiger partial charge is 0.251 e. The molecular weight excluding hydrogens is 274 g/mol. The molecule has 0 radical (unpaired) electrons. The predicted octanol–water partition coefficient (Wildman–Crippen LogP) is 0.926. The fourth-order valence-corrected chi connectivity index (χ4v) is 2.33. The molecule has 1 atom stereocenters. The number of imide groups is 1. The number of piperazine rings is 1. The highest BCUT2D eigenvalue weighted by Crippen LogP contribution is 2.21. The monoisotopic (exact) mass is 291 g/mol. The Balaban J connectivity index is 2.15. The summed E-state index contributed by atoms with van der Waals surface area (Å²) in [6, 6.07) is 9.08.